The van der Waals surface area contributed by atoms with Crippen LogP contribution in [0.3, 0.4) is 0 Å². The zero-order chi connectivity index (χ0) is 31.7. The topological polar surface area (TPSA) is 195 Å². The molecule has 0 aliphatic rings. The van der Waals surface area contributed by atoms with Gasteiger partial charge >= 0.3 is 11.9 Å². The number of esters is 2. The summed E-state index contributed by atoms with van der Waals surface area (Å²) in [4.78, 5) is 73.4. The smallest absolute Gasteiger partial charge is 0.328 e. The maximum Gasteiger partial charge on any atom is 0.328 e. The van der Waals surface area contributed by atoms with Crippen LogP contribution in [-0.2, 0) is 25.6 Å². The van der Waals surface area contributed by atoms with Crippen LogP contribution >= 0.6 is 0 Å². The van der Waals surface area contributed by atoms with Gasteiger partial charge in [0.15, 0.2) is 11.5 Å². The van der Waals surface area contributed by atoms with E-state index in [2.05, 4.69) is 25.6 Å². The third-order valence-corrected chi connectivity index (χ3v) is 6.37. The molecule has 3 rings (SSSR count). The molecule has 0 aliphatic carbocycles. The van der Waals surface area contributed by atoms with E-state index in [0.29, 0.717) is 11.1 Å². The second kappa shape index (κ2) is 14.6. The van der Waals surface area contributed by atoms with Gasteiger partial charge in [-0.2, -0.15) is 0 Å². The van der Waals surface area contributed by atoms with Gasteiger partial charge in [0.2, 0.25) is 5.78 Å². The summed E-state index contributed by atoms with van der Waals surface area (Å²) in [5.74, 6) is -1.98. The monoisotopic (exact) mass is 594 g/mol. The van der Waals surface area contributed by atoms with Crippen LogP contribution in [0.1, 0.15) is 85.7 Å². The number of rotatable bonds is 13. The van der Waals surface area contributed by atoms with Gasteiger partial charge in [0.1, 0.15) is 6.04 Å². The predicted molar refractivity (Wildman–Crippen MR) is 158 cm³/mol. The summed E-state index contributed by atoms with van der Waals surface area (Å²) in [7, 11) is 0. The minimum Gasteiger partial charge on any atom is -0.466 e. The Labute approximate surface area is 249 Å². The van der Waals surface area contributed by atoms with Crippen molar-refractivity contribution in [3.05, 3.63) is 69.4 Å². The summed E-state index contributed by atoms with van der Waals surface area (Å²) in [5.41, 5.74) is 6.77. The molecule has 13 nitrogen and oxygen atoms in total. The number of carbonyl (C=O) groups is 4. The van der Waals surface area contributed by atoms with Gasteiger partial charge in [-0.25, -0.2) is 14.8 Å². The molecular formula is C30H38N6O7. The number of Topliss-reactive ketones (excluding diaryl/α,β-unsaturated/α-hetero) is 1. The second-order valence-electron chi connectivity index (χ2n) is 10.8. The third-order valence-electron chi connectivity index (χ3n) is 6.37. The number of hydrogen-bond donors (Lipinski definition) is 4. The van der Waals surface area contributed by atoms with E-state index in [0.717, 1.165) is 5.56 Å². The van der Waals surface area contributed by atoms with Crippen molar-refractivity contribution in [2.24, 2.45) is 11.1 Å². The molecule has 2 heterocycles. The number of ether oxygens (including phenoxy) is 2. The fraction of sp³-hybridized carbons (Fsp3) is 0.433. The zero-order valence-electron chi connectivity index (χ0n) is 25.0. The van der Waals surface area contributed by atoms with Gasteiger partial charge in [0, 0.05) is 35.7 Å². The van der Waals surface area contributed by atoms with E-state index < -0.39 is 41.0 Å². The van der Waals surface area contributed by atoms with E-state index in [4.69, 9.17) is 15.2 Å². The van der Waals surface area contributed by atoms with E-state index in [1.165, 1.54) is 6.20 Å². The number of aromatic amines is 1. The Kier molecular flexibility index (Phi) is 11.2. The van der Waals surface area contributed by atoms with E-state index >= 15 is 0 Å². The minimum atomic E-state index is -1.02. The second-order valence-corrected chi connectivity index (χ2v) is 10.8. The highest BCUT2D eigenvalue weighted by Gasteiger charge is 2.26. The van der Waals surface area contributed by atoms with Gasteiger partial charge in [-0.3, -0.25) is 24.5 Å². The van der Waals surface area contributed by atoms with E-state index in [1.54, 1.807) is 65.0 Å². The fourth-order valence-electron chi connectivity index (χ4n) is 4.07. The molecule has 2 atom stereocenters. The Bertz CT molecular complexity index is 1550. The summed E-state index contributed by atoms with van der Waals surface area (Å²) in [6.45, 7) is 9.14. The van der Waals surface area contributed by atoms with E-state index in [-0.39, 0.29) is 55.2 Å². The largest absolute Gasteiger partial charge is 0.466 e. The number of H-pyrrole nitrogens is 1. The average Bonchev–Trinajstić information content (AvgIpc) is 2.97. The lowest BCUT2D eigenvalue weighted by atomic mass is 9.90. The van der Waals surface area contributed by atoms with Crippen molar-refractivity contribution in [2.75, 3.05) is 13.2 Å². The van der Waals surface area contributed by atoms with Crippen molar-refractivity contribution < 1.29 is 28.7 Å². The van der Waals surface area contributed by atoms with Crippen LogP contribution in [-0.4, -0.2) is 57.8 Å². The number of aromatic nitrogens is 3. The van der Waals surface area contributed by atoms with Crippen molar-refractivity contribution in [1.82, 2.24) is 25.6 Å². The number of hydrogen-bond acceptors (Lipinski definition) is 11. The third kappa shape index (κ3) is 9.00. The first-order valence-electron chi connectivity index (χ1n) is 14.0. The number of nitrogens with two attached hydrogens (primary N) is 1. The number of nitrogens with zero attached hydrogens (tertiary/aromatic N) is 2. The molecule has 2 aromatic heterocycles. The molecule has 5 N–H and O–H groups in total. The number of amides is 1. The Morgan fingerprint density at radius 1 is 1.07 bits per heavy atom. The zero-order valence-corrected chi connectivity index (χ0v) is 25.0. The lowest BCUT2D eigenvalue weighted by molar-refractivity contribution is -0.146. The van der Waals surface area contributed by atoms with Crippen LogP contribution in [0.25, 0.3) is 11.0 Å². The molecular weight excluding hydrogens is 556 g/mol. The molecule has 0 spiro atoms. The highest BCUT2D eigenvalue weighted by atomic mass is 16.5. The molecule has 0 saturated heterocycles. The van der Waals surface area contributed by atoms with Crippen molar-refractivity contribution in [3.8, 4) is 0 Å². The van der Waals surface area contributed by atoms with Crippen LogP contribution < -0.4 is 21.9 Å². The molecule has 1 amide bonds. The first kappa shape index (κ1) is 33.0. The number of pyridine rings is 1. The highest BCUT2D eigenvalue weighted by Crippen LogP contribution is 2.19. The highest BCUT2D eigenvalue weighted by molar-refractivity contribution is 5.98. The Morgan fingerprint density at radius 2 is 1.79 bits per heavy atom. The van der Waals surface area contributed by atoms with Crippen LogP contribution in [0.5, 0.6) is 0 Å². The quantitative estimate of drug-likeness (QED) is 0.129. The average molecular weight is 595 g/mol. The summed E-state index contributed by atoms with van der Waals surface area (Å²) in [6, 6.07) is 7.26. The number of carbonyl (C=O) groups excluding carboxylic acids is 4. The van der Waals surface area contributed by atoms with Crippen molar-refractivity contribution in [2.45, 2.75) is 66.2 Å². The van der Waals surface area contributed by atoms with E-state index in [1.807, 2.05) is 0 Å². The van der Waals surface area contributed by atoms with E-state index in [9.17, 15) is 24.0 Å². The number of benzene rings is 1. The molecule has 43 heavy (non-hydrogen) atoms. The molecule has 0 fully saturated rings. The lowest BCUT2D eigenvalue weighted by Crippen LogP contribution is -2.42. The first-order chi connectivity index (χ1) is 20.3. The van der Waals surface area contributed by atoms with Gasteiger partial charge in [-0.15, -0.1) is 0 Å². The maximum absolute atomic E-state index is 13.0. The molecule has 0 aliphatic heterocycles. The molecule has 0 radical (unpaired) electrons. The van der Waals surface area contributed by atoms with Crippen molar-refractivity contribution in [3.63, 3.8) is 0 Å². The first-order valence-corrected chi connectivity index (χ1v) is 14.0. The molecule has 1 aromatic carbocycles. The summed E-state index contributed by atoms with van der Waals surface area (Å²) >= 11 is 0. The van der Waals surface area contributed by atoms with Crippen LogP contribution in [0.4, 0.5) is 0 Å². The summed E-state index contributed by atoms with van der Waals surface area (Å²) in [6.07, 6.45) is 0.737. The normalized spacial score (nSPS) is 12.8. The van der Waals surface area contributed by atoms with Gasteiger partial charge in [0.05, 0.1) is 24.8 Å². The Balaban J connectivity index is 1.69. The maximum atomic E-state index is 13.0. The van der Waals surface area contributed by atoms with Crippen LogP contribution in [0.15, 0.2) is 41.3 Å². The molecule has 230 valence electrons. The summed E-state index contributed by atoms with van der Waals surface area (Å²) < 4.78 is 9.96. The molecule has 1 unspecified atom stereocenters. The lowest BCUT2D eigenvalue weighted by Gasteiger charge is -2.18. The van der Waals surface area contributed by atoms with Crippen LogP contribution in [0.2, 0.25) is 0 Å². The minimum absolute atomic E-state index is 0.0336. The molecule has 13 heteroatoms. The Hall–Kier alpha value is -4.49. The molecule has 0 saturated carbocycles. The predicted octanol–water partition coefficient (Wildman–Crippen LogP) is 2.30. The molecule has 3 aromatic rings. The van der Waals surface area contributed by atoms with Crippen LogP contribution in [0, 0.1) is 5.41 Å². The Morgan fingerprint density at radius 3 is 2.47 bits per heavy atom. The van der Waals surface area contributed by atoms with Gasteiger partial charge in [0.25, 0.3) is 11.5 Å². The fourth-order valence-corrected chi connectivity index (χ4v) is 4.07. The van der Waals surface area contributed by atoms with Gasteiger partial charge in [-0.05, 0) is 44.0 Å². The number of nitrogens with one attached hydrogen (secondary N) is 3. The summed E-state index contributed by atoms with van der Waals surface area (Å²) in [5, 5.41) is 5.96. The van der Waals surface area contributed by atoms with Crippen molar-refractivity contribution in [1.29, 1.82) is 0 Å². The van der Waals surface area contributed by atoms with Gasteiger partial charge < -0.3 is 25.5 Å². The molecule has 0 bridgehead atoms. The number of ketones is 1. The van der Waals surface area contributed by atoms with Crippen molar-refractivity contribution >= 4 is 34.7 Å². The van der Waals surface area contributed by atoms with Gasteiger partial charge in [-0.1, -0.05) is 32.9 Å². The SMILES string of the molecule is CCOC(=O)CC[C@H](NC(=O)c1cccc(CNC(N)c2cnc3nc(C(=O)C(C)(C)C)[nH]c(=O)c3c2)c1)C(=O)OCC. The number of fused-ring (bicyclic) bond motifs is 1. The standard InChI is InChI=1S/C30H38N6O7/c1-6-42-22(37)12-11-21(29(41)43-7-2)34-27(39)18-10-8-9-17(13-18)15-32-24(31)19-14-20-25(33-16-19)35-26(36-28(20)40)23(38)30(3,4)5/h8-10,13-14,16,21,24,32H,6-7,11-12,15,31H2,1-5H3,(H,34,39)(H,33,35,36,40)/t21-,24?/m0/s1.